The summed E-state index contributed by atoms with van der Waals surface area (Å²) in [6.45, 7) is 0. The summed E-state index contributed by atoms with van der Waals surface area (Å²) in [5.74, 6) is -3.75. The smallest absolute Gasteiger partial charge is 0.426 e. The minimum absolute atomic E-state index is 0.0377. The van der Waals surface area contributed by atoms with Gasteiger partial charge in [0.2, 0.25) is 6.10 Å². The zero-order valence-electron chi connectivity index (χ0n) is 9.82. The lowest BCUT2D eigenvalue weighted by molar-refractivity contribution is -0.217. The molecule has 1 aromatic carbocycles. The molecule has 0 aromatic heterocycles. The molecule has 1 heterocycles. The summed E-state index contributed by atoms with van der Waals surface area (Å²) in [4.78, 5) is 10.9. The summed E-state index contributed by atoms with van der Waals surface area (Å²) in [5.41, 5.74) is -0.349. The van der Waals surface area contributed by atoms with Gasteiger partial charge in [0.05, 0.1) is 0 Å². The molecule has 0 aliphatic carbocycles. The van der Waals surface area contributed by atoms with Crippen LogP contribution in [0.1, 0.15) is 17.6 Å². The van der Waals surface area contributed by atoms with Gasteiger partial charge in [-0.15, -0.1) is 0 Å². The molecule has 0 amide bonds. The van der Waals surface area contributed by atoms with Crippen LogP contribution in [0.4, 0.5) is 22.0 Å². The van der Waals surface area contributed by atoms with Crippen LogP contribution < -0.4 is 4.74 Å². The molecule has 0 spiro atoms. The number of halogens is 5. The number of aliphatic carboxylic acids is 1. The van der Waals surface area contributed by atoms with E-state index in [0.717, 1.165) is 18.2 Å². The van der Waals surface area contributed by atoms with Crippen LogP contribution in [0, 0.1) is 5.92 Å². The number of carboxylic acid groups (broad SMARTS) is 1. The zero-order chi connectivity index (χ0) is 15.1. The molecule has 20 heavy (non-hydrogen) atoms. The summed E-state index contributed by atoms with van der Waals surface area (Å²) < 4.78 is 67.9. The first kappa shape index (κ1) is 14.5. The summed E-state index contributed by atoms with van der Waals surface area (Å²) in [6.07, 6.45) is -10.6. The van der Waals surface area contributed by atoms with Crippen molar-refractivity contribution in [2.45, 2.75) is 25.1 Å². The Morgan fingerprint density at radius 3 is 2.50 bits per heavy atom. The minimum atomic E-state index is -4.85. The summed E-state index contributed by atoms with van der Waals surface area (Å²) in [6, 6.07) is 2.94. The van der Waals surface area contributed by atoms with Gasteiger partial charge < -0.3 is 9.84 Å². The molecule has 110 valence electrons. The maximum Gasteiger partial charge on any atom is 0.426 e. The van der Waals surface area contributed by atoms with Crippen LogP contribution in [-0.2, 0) is 11.2 Å². The van der Waals surface area contributed by atoms with Crippen molar-refractivity contribution in [1.82, 2.24) is 0 Å². The van der Waals surface area contributed by atoms with E-state index in [0.29, 0.717) is 0 Å². The molecular weight excluding hydrogens is 287 g/mol. The highest BCUT2D eigenvalue weighted by Gasteiger charge is 2.52. The molecule has 2 atom stereocenters. The number of fused-ring (bicyclic) bond motifs is 1. The van der Waals surface area contributed by atoms with Gasteiger partial charge in [-0.25, -0.2) is 8.78 Å². The van der Waals surface area contributed by atoms with Gasteiger partial charge in [0.1, 0.15) is 11.7 Å². The van der Waals surface area contributed by atoms with Crippen LogP contribution in [0.3, 0.4) is 0 Å². The molecule has 0 fully saturated rings. The Kier molecular flexibility index (Phi) is 3.58. The molecule has 0 saturated heterocycles. The number of carbonyl (C=O) groups is 1. The number of ether oxygens (including phenoxy) is 1. The SMILES string of the molecule is O=C(O)C1Cc2cc(C(F)F)ccc2OC1C(F)(F)F. The molecule has 2 rings (SSSR count). The van der Waals surface area contributed by atoms with Crippen LogP contribution >= 0.6 is 0 Å². The lowest BCUT2D eigenvalue weighted by Crippen LogP contribution is -2.47. The highest BCUT2D eigenvalue weighted by Crippen LogP contribution is 2.39. The molecule has 1 aromatic rings. The van der Waals surface area contributed by atoms with Crippen molar-refractivity contribution in [2.24, 2.45) is 5.92 Å². The Morgan fingerprint density at radius 1 is 1.35 bits per heavy atom. The normalized spacial score (nSPS) is 22.3. The van der Waals surface area contributed by atoms with Gasteiger partial charge in [0.25, 0.3) is 6.43 Å². The molecule has 0 bridgehead atoms. The summed E-state index contributed by atoms with van der Waals surface area (Å²) in [5, 5.41) is 8.85. The topological polar surface area (TPSA) is 46.5 Å². The molecule has 1 aliphatic rings. The van der Waals surface area contributed by atoms with Crippen LogP contribution in [0.5, 0.6) is 5.75 Å². The van der Waals surface area contributed by atoms with E-state index in [-0.39, 0.29) is 16.9 Å². The Labute approximate surface area is 110 Å². The second-order valence-electron chi connectivity index (χ2n) is 4.40. The first-order chi connectivity index (χ1) is 9.20. The van der Waals surface area contributed by atoms with Gasteiger partial charge >= 0.3 is 12.1 Å². The quantitative estimate of drug-likeness (QED) is 0.853. The third-order valence-corrected chi connectivity index (χ3v) is 3.04. The van der Waals surface area contributed by atoms with Gasteiger partial charge in [-0.3, -0.25) is 4.79 Å². The molecular formula is C12H9F5O3. The van der Waals surface area contributed by atoms with Crippen LogP contribution in [0.2, 0.25) is 0 Å². The second kappa shape index (κ2) is 4.92. The van der Waals surface area contributed by atoms with Crippen molar-refractivity contribution < 1.29 is 36.6 Å². The Bertz CT molecular complexity index is 526. The molecule has 8 heteroatoms. The lowest BCUT2D eigenvalue weighted by atomic mass is 9.89. The Hall–Kier alpha value is -1.86. The number of carboxylic acids is 1. The number of hydrogen-bond donors (Lipinski definition) is 1. The van der Waals surface area contributed by atoms with E-state index in [1.54, 1.807) is 0 Å². The molecule has 0 saturated carbocycles. The van der Waals surface area contributed by atoms with E-state index in [1.165, 1.54) is 0 Å². The fourth-order valence-corrected chi connectivity index (χ4v) is 2.08. The Balaban J connectivity index is 2.40. The molecule has 3 nitrogen and oxygen atoms in total. The predicted octanol–water partition coefficient (Wildman–Crippen LogP) is 3.19. The number of alkyl halides is 5. The average molecular weight is 296 g/mol. The van der Waals surface area contributed by atoms with Crippen molar-refractivity contribution in [1.29, 1.82) is 0 Å². The van der Waals surface area contributed by atoms with E-state index >= 15 is 0 Å². The van der Waals surface area contributed by atoms with E-state index in [2.05, 4.69) is 4.74 Å². The van der Waals surface area contributed by atoms with Gasteiger partial charge in [-0.05, 0) is 30.2 Å². The summed E-state index contributed by atoms with van der Waals surface area (Å²) in [7, 11) is 0. The zero-order valence-corrected chi connectivity index (χ0v) is 9.82. The average Bonchev–Trinajstić information content (AvgIpc) is 2.35. The third-order valence-electron chi connectivity index (χ3n) is 3.04. The van der Waals surface area contributed by atoms with Crippen molar-refractivity contribution in [3.63, 3.8) is 0 Å². The lowest BCUT2D eigenvalue weighted by Gasteiger charge is -2.32. The third kappa shape index (κ3) is 2.68. The molecule has 0 radical (unpaired) electrons. The second-order valence-corrected chi connectivity index (χ2v) is 4.40. The highest BCUT2D eigenvalue weighted by atomic mass is 19.4. The first-order valence-corrected chi connectivity index (χ1v) is 5.57. The van der Waals surface area contributed by atoms with Crippen molar-refractivity contribution >= 4 is 5.97 Å². The monoisotopic (exact) mass is 296 g/mol. The van der Waals surface area contributed by atoms with Crippen LogP contribution in [0.15, 0.2) is 18.2 Å². The number of hydrogen-bond acceptors (Lipinski definition) is 2. The molecule has 2 unspecified atom stereocenters. The van der Waals surface area contributed by atoms with Crippen molar-refractivity contribution in [3.05, 3.63) is 29.3 Å². The largest absolute Gasteiger partial charge is 0.481 e. The maximum absolute atomic E-state index is 12.7. The first-order valence-electron chi connectivity index (χ1n) is 5.57. The fourth-order valence-electron chi connectivity index (χ4n) is 2.08. The van der Waals surface area contributed by atoms with Crippen LogP contribution in [0.25, 0.3) is 0 Å². The van der Waals surface area contributed by atoms with Crippen molar-refractivity contribution in [3.8, 4) is 5.75 Å². The standard InChI is InChI=1S/C12H9F5O3/c13-10(14)5-1-2-8-6(3-5)4-7(11(18)19)9(20-8)12(15,16)17/h1-3,7,9-10H,4H2,(H,18,19). The Morgan fingerprint density at radius 2 is 2.00 bits per heavy atom. The highest BCUT2D eigenvalue weighted by molar-refractivity contribution is 5.72. The molecule has 1 N–H and O–H groups in total. The van der Waals surface area contributed by atoms with Crippen molar-refractivity contribution in [2.75, 3.05) is 0 Å². The maximum atomic E-state index is 12.7. The number of benzene rings is 1. The van der Waals surface area contributed by atoms with Gasteiger partial charge in [-0.2, -0.15) is 13.2 Å². The minimum Gasteiger partial charge on any atom is -0.481 e. The van der Waals surface area contributed by atoms with Crippen LogP contribution in [-0.4, -0.2) is 23.4 Å². The van der Waals surface area contributed by atoms with E-state index in [4.69, 9.17) is 5.11 Å². The van der Waals surface area contributed by atoms with Gasteiger partial charge in [-0.1, -0.05) is 0 Å². The van der Waals surface area contributed by atoms with Gasteiger partial charge in [0.15, 0.2) is 0 Å². The fraction of sp³-hybridized carbons (Fsp3) is 0.417. The number of rotatable bonds is 2. The predicted molar refractivity (Wildman–Crippen MR) is 56.7 cm³/mol. The van der Waals surface area contributed by atoms with Gasteiger partial charge in [0, 0.05) is 5.56 Å². The molecule has 1 aliphatic heterocycles. The van der Waals surface area contributed by atoms with E-state index < -0.39 is 37.0 Å². The van der Waals surface area contributed by atoms with E-state index in [1.807, 2.05) is 0 Å². The van der Waals surface area contributed by atoms with E-state index in [9.17, 15) is 26.7 Å². The summed E-state index contributed by atoms with van der Waals surface area (Å²) >= 11 is 0.